The maximum Gasteiger partial charge on any atom is 0.342 e. The highest BCUT2D eigenvalue weighted by Crippen LogP contribution is 2.65. The fourth-order valence-electron chi connectivity index (χ4n) is 5.09. The van der Waals surface area contributed by atoms with Crippen LogP contribution in [0.5, 0.6) is 5.75 Å². The van der Waals surface area contributed by atoms with Gasteiger partial charge in [0.25, 0.3) is 0 Å². The smallest absolute Gasteiger partial charge is 0.342 e. The molecule has 2 aromatic rings. The van der Waals surface area contributed by atoms with Crippen LogP contribution in [0.25, 0.3) is 10.8 Å². The van der Waals surface area contributed by atoms with Crippen LogP contribution in [0.1, 0.15) is 57.3 Å². The molecule has 0 saturated heterocycles. The topological polar surface area (TPSA) is 52.6 Å². The first-order chi connectivity index (χ1) is 13.7. The second kappa shape index (κ2) is 6.72. The largest absolute Gasteiger partial charge is 0.459 e. The van der Waals surface area contributed by atoms with Gasteiger partial charge in [0.15, 0.2) is 5.75 Å². The van der Waals surface area contributed by atoms with Gasteiger partial charge in [-0.3, -0.25) is 4.79 Å². The molecule has 4 heteroatoms. The monoisotopic (exact) mass is 392 g/mol. The minimum absolute atomic E-state index is 0.0740. The van der Waals surface area contributed by atoms with Crippen molar-refractivity contribution in [2.45, 2.75) is 53.1 Å². The summed E-state index contributed by atoms with van der Waals surface area (Å²) in [5, 5.41) is 1.64. The van der Waals surface area contributed by atoms with Crippen LogP contribution in [0.2, 0.25) is 0 Å². The van der Waals surface area contributed by atoms with E-state index in [9.17, 15) is 9.59 Å². The van der Waals surface area contributed by atoms with E-state index in [1.165, 1.54) is 0 Å². The highest BCUT2D eigenvalue weighted by atomic mass is 16.6. The first-order valence-corrected chi connectivity index (χ1v) is 10.3. The van der Waals surface area contributed by atoms with Gasteiger partial charge in [0, 0.05) is 5.39 Å². The third-order valence-electron chi connectivity index (χ3n) is 6.92. The molecular formula is C25H28O4. The first kappa shape index (κ1) is 19.7. The molecule has 2 fully saturated rings. The number of rotatable bonds is 4. The van der Waals surface area contributed by atoms with Crippen molar-refractivity contribution in [2.75, 3.05) is 0 Å². The molecule has 0 N–H and O–H groups in total. The lowest BCUT2D eigenvalue weighted by atomic mass is 9.68. The molecule has 2 bridgehead atoms. The molecule has 0 amide bonds. The number of esters is 2. The van der Waals surface area contributed by atoms with E-state index in [2.05, 4.69) is 20.4 Å². The SMILES string of the molecule is C=C1C2(C(=O)Oc3c(C(=O)OC(C)C)ccc4ccccc34)CCC(C2)C1(C)C. The van der Waals surface area contributed by atoms with Gasteiger partial charge in [0.1, 0.15) is 5.56 Å². The van der Waals surface area contributed by atoms with E-state index in [0.717, 1.165) is 35.6 Å². The highest BCUT2D eigenvalue weighted by molar-refractivity contribution is 6.03. The molecule has 0 aromatic heterocycles. The number of carbonyl (C=O) groups excluding carboxylic acids is 2. The Balaban J connectivity index is 1.76. The molecule has 0 aliphatic heterocycles. The quantitative estimate of drug-likeness (QED) is 0.381. The second-order valence-electron chi connectivity index (χ2n) is 9.23. The predicted octanol–water partition coefficient (Wildman–Crippen LogP) is 5.69. The lowest BCUT2D eigenvalue weighted by Gasteiger charge is -2.36. The molecule has 0 heterocycles. The number of fused-ring (bicyclic) bond motifs is 3. The Kier molecular flexibility index (Phi) is 4.56. The molecule has 4 rings (SSSR count). The standard InChI is InChI=1S/C25H28O4/c1-15(2)28-22(26)20-11-10-17-8-6-7-9-19(17)21(20)29-23(27)25-13-12-18(14-25)24(4,5)16(25)3/h6-11,15,18H,3,12-14H2,1-2,4-5H3. The highest BCUT2D eigenvalue weighted by Gasteiger charge is 2.62. The van der Waals surface area contributed by atoms with Gasteiger partial charge in [0.05, 0.1) is 11.5 Å². The van der Waals surface area contributed by atoms with Crippen LogP contribution in [-0.4, -0.2) is 18.0 Å². The summed E-state index contributed by atoms with van der Waals surface area (Å²) in [6, 6.07) is 11.1. The van der Waals surface area contributed by atoms with Crippen LogP contribution in [-0.2, 0) is 9.53 Å². The van der Waals surface area contributed by atoms with Crippen molar-refractivity contribution in [2.24, 2.45) is 16.7 Å². The Hall–Kier alpha value is -2.62. The Morgan fingerprint density at radius 3 is 2.52 bits per heavy atom. The summed E-state index contributed by atoms with van der Waals surface area (Å²) in [5.74, 6) is -0.0546. The Bertz CT molecular complexity index is 1020. The number of hydrogen-bond donors (Lipinski definition) is 0. The van der Waals surface area contributed by atoms with Crippen LogP contribution in [0.3, 0.4) is 0 Å². The molecule has 0 spiro atoms. The summed E-state index contributed by atoms with van der Waals surface area (Å²) in [6.07, 6.45) is 2.27. The third-order valence-corrected chi connectivity index (χ3v) is 6.92. The van der Waals surface area contributed by atoms with E-state index in [-0.39, 0.29) is 28.8 Å². The van der Waals surface area contributed by atoms with E-state index >= 15 is 0 Å². The molecule has 4 nitrogen and oxygen atoms in total. The average molecular weight is 392 g/mol. The zero-order valence-electron chi connectivity index (χ0n) is 17.6. The van der Waals surface area contributed by atoms with E-state index in [4.69, 9.17) is 9.47 Å². The number of carbonyl (C=O) groups is 2. The molecule has 2 saturated carbocycles. The minimum Gasteiger partial charge on any atom is -0.459 e. The maximum atomic E-state index is 13.5. The second-order valence-corrected chi connectivity index (χ2v) is 9.23. The zero-order valence-corrected chi connectivity index (χ0v) is 17.6. The first-order valence-electron chi connectivity index (χ1n) is 10.3. The van der Waals surface area contributed by atoms with Crippen molar-refractivity contribution < 1.29 is 19.1 Å². The van der Waals surface area contributed by atoms with Crippen LogP contribution < -0.4 is 4.74 Å². The number of benzene rings is 2. The minimum atomic E-state index is -0.662. The van der Waals surface area contributed by atoms with Crippen molar-refractivity contribution in [1.29, 1.82) is 0 Å². The van der Waals surface area contributed by atoms with Crippen LogP contribution in [0, 0.1) is 16.7 Å². The predicted molar refractivity (Wildman–Crippen MR) is 113 cm³/mol. The molecule has 152 valence electrons. The fraction of sp³-hybridized carbons (Fsp3) is 0.440. The number of ether oxygens (including phenoxy) is 2. The molecular weight excluding hydrogens is 364 g/mol. The summed E-state index contributed by atoms with van der Waals surface area (Å²) in [4.78, 5) is 26.2. The zero-order chi connectivity index (χ0) is 21.0. The summed E-state index contributed by atoms with van der Waals surface area (Å²) >= 11 is 0. The van der Waals surface area contributed by atoms with Gasteiger partial charge < -0.3 is 9.47 Å². The molecule has 2 aromatic carbocycles. The maximum absolute atomic E-state index is 13.5. The van der Waals surface area contributed by atoms with Gasteiger partial charge in [-0.25, -0.2) is 4.79 Å². The molecule has 29 heavy (non-hydrogen) atoms. The van der Waals surface area contributed by atoms with Gasteiger partial charge in [-0.1, -0.05) is 56.3 Å². The van der Waals surface area contributed by atoms with Gasteiger partial charge in [-0.15, -0.1) is 0 Å². The van der Waals surface area contributed by atoms with E-state index in [1.807, 2.05) is 30.3 Å². The molecule has 2 atom stereocenters. The molecule has 2 aliphatic carbocycles. The normalized spacial score (nSPS) is 24.9. The van der Waals surface area contributed by atoms with E-state index in [0.29, 0.717) is 5.92 Å². The van der Waals surface area contributed by atoms with E-state index in [1.54, 1.807) is 19.9 Å². The van der Waals surface area contributed by atoms with Gasteiger partial charge in [0.2, 0.25) is 0 Å². The lowest BCUT2D eigenvalue weighted by molar-refractivity contribution is -0.143. The van der Waals surface area contributed by atoms with Gasteiger partial charge in [-0.05, 0) is 55.9 Å². The fourth-order valence-corrected chi connectivity index (χ4v) is 5.09. The van der Waals surface area contributed by atoms with Crippen molar-refractivity contribution in [3.05, 3.63) is 54.1 Å². The number of hydrogen-bond acceptors (Lipinski definition) is 4. The van der Waals surface area contributed by atoms with Gasteiger partial charge in [-0.2, -0.15) is 0 Å². The summed E-state index contributed by atoms with van der Waals surface area (Å²) in [7, 11) is 0. The van der Waals surface area contributed by atoms with Crippen LogP contribution >= 0.6 is 0 Å². The lowest BCUT2D eigenvalue weighted by Crippen LogP contribution is -2.36. The average Bonchev–Trinajstić information content (AvgIpc) is 3.20. The van der Waals surface area contributed by atoms with Crippen molar-refractivity contribution in [3.63, 3.8) is 0 Å². The molecule has 0 radical (unpaired) electrons. The third kappa shape index (κ3) is 2.97. The Morgan fingerprint density at radius 2 is 1.86 bits per heavy atom. The van der Waals surface area contributed by atoms with Crippen molar-refractivity contribution in [3.8, 4) is 5.75 Å². The van der Waals surface area contributed by atoms with Crippen molar-refractivity contribution >= 4 is 22.7 Å². The summed E-state index contributed by atoms with van der Waals surface area (Å²) in [6.45, 7) is 12.2. The summed E-state index contributed by atoms with van der Waals surface area (Å²) in [5.41, 5.74) is 0.497. The molecule has 2 unspecified atom stereocenters. The Morgan fingerprint density at radius 1 is 1.14 bits per heavy atom. The van der Waals surface area contributed by atoms with E-state index < -0.39 is 11.4 Å². The Labute approximate surface area is 171 Å². The molecule has 2 aliphatic rings. The van der Waals surface area contributed by atoms with Crippen LogP contribution in [0.4, 0.5) is 0 Å². The van der Waals surface area contributed by atoms with Crippen molar-refractivity contribution in [1.82, 2.24) is 0 Å². The summed E-state index contributed by atoms with van der Waals surface area (Å²) < 4.78 is 11.4. The van der Waals surface area contributed by atoms with Crippen LogP contribution in [0.15, 0.2) is 48.6 Å². The van der Waals surface area contributed by atoms with Gasteiger partial charge >= 0.3 is 11.9 Å².